The van der Waals surface area contributed by atoms with Crippen LogP contribution in [0.2, 0.25) is 5.02 Å². The molecule has 1 heterocycles. The van der Waals surface area contributed by atoms with E-state index in [4.69, 9.17) is 11.6 Å². The molecule has 0 spiro atoms. The molecular weight excluding hydrogens is 340 g/mol. The molecule has 7 heteroatoms. The molecule has 1 aromatic heterocycles. The molecule has 0 saturated heterocycles. The summed E-state index contributed by atoms with van der Waals surface area (Å²) in [4.78, 5) is 30.5. The van der Waals surface area contributed by atoms with E-state index in [-0.39, 0.29) is 17.5 Å². The van der Waals surface area contributed by atoms with Crippen LogP contribution < -0.4 is 10.6 Å². The van der Waals surface area contributed by atoms with Crippen molar-refractivity contribution in [2.75, 3.05) is 32.5 Å². The number of carbonyl (C=O) groups excluding carboxylic acids is 2. The number of carbonyl (C=O) groups is 2. The van der Waals surface area contributed by atoms with Gasteiger partial charge in [0.2, 0.25) is 0 Å². The maximum absolute atomic E-state index is 12.4. The summed E-state index contributed by atoms with van der Waals surface area (Å²) < 4.78 is 0. The quantitative estimate of drug-likeness (QED) is 0.830. The van der Waals surface area contributed by atoms with Crippen molar-refractivity contribution in [1.29, 1.82) is 0 Å². The lowest BCUT2D eigenvalue weighted by Gasteiger charge is -2.11. The van der Waals surface area contributed by atoms with Crippen LogP contribution in [0.3, 0.4) is 0 Å². The average Bonchev–Trinajstić information content (AvgIpc) is 2.58. The topological polar surface area (TPSA) is 74.3 Å². The van der Waals surface area contributed by atoms with Gasteiger partial charge in [0.1, 0.15) is 5.69 Å². The first-order valence-electron chi connectivity index (χ1n) is 7.84. The Kier molecular flexibility index (Phi) is 6.50. The van der Waals surface area contributed by atoms with Crippen LogP contribution in [0.5, 0.6) is 0 Å². The highest BCUT2D eigenvalue weighted by Gasteiger charge is 2.13. The third-order valence-corrected chi connectivity index (χ3v) is 4.02. The number of anilines is 1. The average molecular weight is 361 g/mol. The number of hydrogen-bond acceptors (Lipinski definition) is 4. The molecule has 2 rings (SSSR count). The van der Waals surface area contributed by atoms with E-state index in [2.05, 4.69) is 15.6 Å². The van der Waals surface area contributed by atoms with Crippen molar-refractivity contribution in [2.24, 2.45) is 0 Å². The molecule has 0 bridgehead atoms. The van der Waals surface area contributed by atoms with E-state index in [1.54, 1.807) is 24.3 Å². The van der Waals surface area contributed by atoms with Crippen LogP contribution in [-0.4, -0.2) is 48.9 Å². The van der Waals surface area contributed by atoms with Gasteiger partial charge < -0.3 is 15.5 Å². The van der Waals surface area contributed by atoms with Crippen LogP contribution in [0.15, 0.2) is 36.5 Å². The standard InChI is InChI=1S/C18H21ClN4O2/c1-12-14(19)5-4-6-15(12)22-17(24)13-7-8-20-16(11-13)18(25)21-9-10-23(2)3/h4-8,11H,9-10H2,1-3H3,(H,21,25)(H,22,24). The lowest BCUT2D eigenvalue weighted by atomic mass is 10.1. The summed E-state index contributed by atoms with van der Waals surface area (Å²) in [5.41, 5.74) is 1.97. The minimum Gasteiger partial charge on any atom is -0.349 e. The van der Waals surface area contributed by atoms with Gasteiger partial charge in [0.15, 0.2) is 0 Å². The minimum absolute atomic E-state index is 0.203. The summed E-state index contributed by atoms with van der Waals surface area (Å²) in [6.07, 6.45) is 1.45. The molecule has 6 nitrogen and oxygen atoms in total. The van der Waals surface area contributed by atoms with Gasteiger partial charge >= 0.3 is 0 Å². The van der Waals surface area contributed by atoms with E-state index >= 15 is 0 Å². The monoisotopic (exact) mass is 360 g/mol. The third kappa shape index (κ3) is 5.27. The van der Waals surface area contributed by atoms with E-state index < -0.39 is 0 Å². The maximum atomic E-state index is 12.4. The third-order valence-electron chi connectivity index (χ3n) is 3.62. The highest BCUT2D eigenvalue weighted by atomic mass is 35.5. The second-order valence-electron chi connectivity index (χ2n) is 5.86. The lowest BCUT2D eigenvalue weighted by Crippen LogP contribution is -2.32. The molecule has 0 aliphatic rings. The van der Waals surface area contributed by atoms with E-state index in [9.17, 15) is 9.59 Å². The molecule has 2 N–H and O–H groups in total. The first kappa shape index (κ1) is 18.9. The number of benzene rings is 1. The Hall–Kier alpha value is -2.44. The van der Waals surface area contributed by atoms with Gasteiger partial charge in [0.05, 0.1) is 0 Å². The van der Waals surface area contributed by atoms with Crippen molar-refractivity contribution in [3.05, 3.63) is 58.4 Å². The van der Waals surface area contributed by atoms with Gasteiger partial charge in [0.25, 0.3) is 11.8 Å². The number of amides is 2. The Morgan fingerprint density at radius 1 is 1.20 bits per heavy atom. The fourth-order valence-corrected chi connectivity index (χ4v) is 2.29. The van der Waals surface area contributed by atoms with Gasteiger partial charge in [-0.05, 0) is 50.8 Å². The second-order valence-corrected chi connectivity index (χ2v) is 6.26. The normalized spacial score (nSPS) is 10.6. The number of nitrogens with zero attached hydrogens (tertiary/aromatic N) is 2. The molecule has 0 unspecified atom stereocenters. The fourth-order valence-electron chi connectivity index (χ4n) is 2.12. The molecule has 0 radical (unpaired) electrons. The smallest absolute Gasteiger partial charge is 0.269 e. The summed E-state index contributed by atoms with van der Waals surface area (Å²) in [6, 6.07) is 8.33. The van der Waals surface area contributed by atoms with E-state index in [0.717, 1.165) is 12.1 Å². The molecule has 2 amide bonds. The first-order chi connectivity index (χ1) is 11.9. The Morgan fingerprint density at radius 2 is 1.96 bits per heavy atom. The van der Waals surface area contributed by atoms with Crippen LogP contribution in [0, 0.1) is 6.92 Å². The number of pyridine rings is 1. The van der Waals surface area contributed by atoms with E-state index in [0.29, 0.717) is 22.8 Å². The molecule has 2 aromatic rings. The lowest BCUT2D eigenvalue weighted by molar-refractivity contribution is 0.0946. The number of halogens is 1. The number of aromatic nitrogens is 1. The van der Waals surface area contributed by atoms with Crippen LogP contribution in [0.1, 0.15) is 26.4 Å². The fraction of sp³-hybridized carbons (Fsp3) is 0.278. The molecule has 0 saturated carbocycles. The summed E-state index contributed by atoms with van der Waals surface area (Å²) in [7, 11) is 3.85. The van der Waals surface area contributed by atoms with E-state index in [1.165, 1.54) is 12.3 Å². The second kappa shape index (κ2) is 8.60. The van der Waals surface area contributed by atoms with Crippen LogP contribution >= 0.6 is 11.6 Å². The molecule has 132 valence electrons. The van der Waals surface area contributed by atoms with Crippen molar-refractivity contribution >= 4 is 29.1 Å². The molecular formula is C18H21ClN4O2. The first-order valence-corrected chi connectivity index (χ1v) is 8.21. The highest BCUT2D eigenvalue weighted by Crippen LogP contribution is 2.23. The summed E-state index contributed by atoms with van der Waals surface area (Å²) in [5, 5.41) is 6.15. The highest BCUT2D eigenvalue weighted by molar-refractivity contribution is 6.31. The molecule has 0 aliphatic heterocycles. The predicted octanol–water partition coefficient (Wildman–Crippen LogP) is 2.59. The number of likely N-dealkylation sites (N-methyl/N-ethyl adjacent to an activating group) is 1. The Balaban J connectivity index is 2.08. The van der Waals surface area contributed by atoms with Crippen molar-refractivity contribution in [3.63, 3.8) is 0 Å². The molecule has 0 fully saturated rings. The zero-order chi connectivity index (χ0) is 18.4. The number of hydrogen-bond donors (Lipinski definition) is 2. The minimum atomic E-state index is -0.324. The summed E-state index contributed by atoms with van der Waals surface area (Å²) in [6.45, 7) is 3.06. The Bertz CT molecular complexity index is 777. The SMILES string of the molecule is Cc1c(Cl)cccc1NC(=O)c1ccnc(C(=O)NCCN(C)C)c1. The molecule has 1 aromatic carbocycles. The zero-order valence-electron chi connectivity index (χ0n) is 14.5. The molecule has 25 heavy (non-hydrogen) atoms. The Labute approximate surface area is 152 Å². The van der Waals surface area contributed by atoms with Gasteiger partial charge in [-0.2, -0.15) is 0 Å². The molecule has 0 aliphatic carbocycles. The summed E-state index contributed by atoms with van der Waals surface area (Å²) >= 11 is 6.06. The number of rotatable bonds is 6. The van der Waals surface area contributed by atoms with Crippen molar-refractivity contribution < 1.29 is 9.59 Å². The van der Waals surface area contributed by atoms with Crippen LogP contribution in [-0.2, 0) is 0 Å². The maximum Gasteiger partial charge on any atom is 0.269 e. The van der Waals surface area contributed by atoms with Crippen molar-refractivity contribution in [1.82, 2.24) is 15.2 Å². The van der Waals surface area contributed by atoms with Crippen molar-refractivity contribution in [3.8, 4) is 0 Å². The van der Waals surface area contributed by atoms with Gasteiger partial charge in [0, 0.05) is 35.6 Å². The Morgan fingerprint density at radius 3 is 2.68 bits per heavy atom. The predicted molar refractivity (Wildman–Crippen MR) is 99.3 cm³/mol. The largest absolute Gasteiger partial charge is 0.349 e. The van der Waals surface area contributed by atoms with Crippen molar-refractivity contribution in [2.45, 2.75) is 6.92 Å². The number of nitrogens with one attached hydrogen (secondary N) is 2. The van der Waals surface area contributed by atoms with Gasteiger partial charge in [-0.1, -0.05) is 17.7 Å². The van der Waals surface area contributed by atoms with Crippen LogP contribution in [0.4, 0.5) is 5.69 Å². The van der Waals surface area contributed by atoms with E-state index in [1.807, 2.05) is 25.9 Å². The molecule has 0 atom stereocenters. The summed E-state index contributed by atoms with van der Waals surface area (Å²) in [5.74, 6) is -0.634. The zero-order valence-corrected chi connectivity index (χ0v) is 15.2. The van der Waals surface area contributed by atoms with Crippen LogP contribution in [0.25, 0.3) is 0 Å². The van der Waals surface area contributed by atoms with Gasteiger partial charge in [-0.15, -0.1) is 0 Å². The van der Waals surface area contributed by atoms with Gasteiger partial charge in [-0.3, -0.25) is 14.6 Å². The van der Waals surface area contributed by atoms with Gasteiger partial charge in [-0.25, -0.2) is 0 Å².